The number of hydrogen-bond donors (Lipinski definition) is 1. The average molecular weight is 249 g/mol. The van der Waals surface area contributed by atoms with Gasteiger partial charge in [0.15, 0.2) is 0 Å². The molecule has 0 bridgehead atoms. The van der Waals surface area contributed by atoms with Crippen LogP contribution in [0, 0.1) is 17.1 Å². The Hall–Kier alpha value is -1.44. The van der Waals surface area contributed by atoms with Gasteiger partial charge in [-0.2, -0.15) is 5.26 Å². The highest BCUT2D eigenvalue weighted by Crippen LogP contribution is 2.11. The molecule has 0 aliphatic carbocycles. The molecule has 3 nitrogen and oxygen atoms in total. The van der Waals surface area contributed by atoms with Crippen molar-refractivity contribution < 1.29 is 4.39 Å². The Morgan fingerprint density at radius 1 is 1.39 bits per heavy atom. The number of likely N-dealkylation sites (N-methyl/N-ethyl adjacent to an activating group) is 1. The van der Waals surface area contributed by atoms with E-state index in [1.165, 1.54) is 12.1 Å². The molecule has 0 saturated carbocycles. The topological polar surface area (TPSA) is 39.1 Å². The molecule has 4 heteroatoms. The van der Waals surface area contributed by atoms with E-state index in [9.17, 15) is 4.39 Å². The minimum atomic E-state index is -0.274. The second-order valence-corrected chi connectivity index (χ2v) is 5.23. The Morgan fingerprint density at radius 2 is 2.06 bits per heavy atom. The van der Waals surface area contributed by atoms with Gasteiger partial charge in [-0.1, -0.05) is 0 Å². The lowest BCUT2D eigenvalue weighted by Crippen LogP contribution is -2.46. The first-order chi connectivity index (χ1) is 8.36. The maximum absolute atomic E-state index is 13.5. The fourth-order valence-electron chi connectivity index (χ4n) is 1.44. The van der Waals surface area contributed by atoms with Crippen molar-refractivity contribution >= 4 is 0 Å². The van der Waals surface area contributed by atoms with Crippen LogP contribution < -0.4 is 5.32 Å². The molecule has 1 aromatic carbocycles. The first-order valence-electron chi connectivity index (χ1n) is 5.93. The number of benzene rings is 1. The van der Waals surface area contributed by atoms with Crippen LogP contribution in [0.2, 0.25) is 0 Å². The van der Waals surface area contributed by atoms with Crippen molar-refractivity contribution in [2.45, 2.75) is 25.9 Å². The van der Waals surface area contributed by atoms with Crippen molar-refractivity contribution in [2.24, 2.45) is 0 Å². The van der Waals surface area contributed by atoms with E-state index in [1.54, 1.807) is 6.07 Å². The summed E-state index contributed by atoms with van der Waals surface area (Å²) in [5, 5.41) is 12.0. The summed E-state index contributed by atoms with van der Waals surface area (Å²) < 4.78 is 13.5. The molecule has 18 heavy (non-hydrogen) atoms. The summed E-state index contributed by atoms with van der Waals surface area (Å²) in [7, 11) is 4.02. The molecule has 0 amide bonds. The van der Waals surface area contributed by atoms with Crippen molar-refractivity contribution in [2.75, 3.05) is 20.6 Å². The molecule has 1 aromatic rings. The molecule has 0 saturated heterocycles. The largest absolute Gasteiger partial charge is 0.311 e. The molecular formula is C14H20FN3. The smallest absolute Gasteiger partial charge is 0.127 e. The minimum absolute atomic E-state index is 0.00329. The van der Waals surface area contributed by atoms with E-state index in [4.69, 9.17) is 5.26 Å². The van der Waals surface area contributed by atoms with Gasteiger partial charge in [0.25, 0.3) is 0 Å². The number of nitrogens with zero attached hydrogens (tertiary/aromatic N) is 2. The highest BCUT2D eigenvalue weighted by atomic mass is 19.1. The molecule has 98 valence electrons. The van der Waals surface area contributed by atoms with E-state index in [1.807, 2.05) is 20.2 Å². The van der Waals surface area contributed by atoms with Crippen LogP contribution in [-0.2, 0) is 6.54 Å². The van der Waals surface area contributed by atoms with Gasteiger partial charge in [0.05, 0.1) is 11.6 Å². The highest BCUT2D eigenvalue weighted by molar-refractivity contribution is 5.33. The predicted octanol–water partition coefficient (Wildman–Crippen LogP) is 2.13. The molecule has 0 atom stereocenters. The Labute approximate surface area is 108 Å². The standard InChI is InChI=1S/C14H20FN3/c1-14(2,18(3)4)10-17-9-12-7-11(8-16)5-6-13(12)15/h5-7,17H,9-10H2,1-4H3. The van der Waals surface area contributed by atoms with Crippen LogP contribution in [0.4, 0.5) is 4.39 Å². The Morgan fingerprint density at radius 3 is 2.61 bits per heavy atom. The lowest BCUT2D eigenvalue weighted by Gasteiger charge is -2.32. The maximum atomic E-state index is 13.5. The van der Waals surface area contributed by atoms with Gasteiger partial charge < -0.3 is 10.2 Å². The lowest BCUT2D eigenvalue weighted by molar-refractivity contribution is 0.189. The molecular weight excluding hydrogens is 229 g/mol. The summed E-state index contributed by atoms with van der Waals surface area (Å²) in [5.41, 5.74) is 1.02. The van der Waals surface area contributed by atoms with Crippen LogP contribution in [0.15, 0.2) is 18.2 Å². The summed E-state index contributed by atoms with van der Waals surface area (Å²) in [5.74, 6) is -0.274. The molecule has 1 rings (SSSR count). The lowest BCUT2D eigenvalue weighted by atomic mass is 10.0. The van der Waals surface area contributed by atoms with Crippen molar-refractivity contribution in [3.8, 4) is 6.07 Å². The molecule has 0 radical (unpaired) electrons. The fourth-order valence-corrected chi connectivity index (χ4v) is 1.44. The zero-order valence-electron chi connectivity index (χ0n) is 11.4. The monoisotopic (exact) mass is 249 g/mol. The van der Waals surface area contributed by atoms with Gasteiger partial charge >= 0.3 is 0 Å². The van der Waals surface area contributed by atoms with E-state index in [0.29, 0.717) is 17.7 Å². The Bertz CT molecular complexity index is 447. The zero-order chi connectivity index (χ0) is 13.8. The molecule has 0 heterocycles. The van der Waals surface area contributed by atoms with Gasteiger partial charge in [-0.3, -0.25) is 0 Å². The number of hydrogen-bond acceptors (Lipinski definition) is 3. The molecule has 0 aliphatic rings. The third-order valence-corrected chi connectivity index (χ3v) is 3.26. The normalized spacial score (nSPS) is 11.6. The van der Waals surface area contributed by atoms with E-state index in [0.717, 1.165) is 6.54 Å². The summed E-state index contributed by atoms with van der Waals surface area (Å²) in [6.07, 6.45) is 0. The van der Waals surface area contributed by atoms with Crippen molar-refractivity contribution in [3.63, 3.8) is 0 Å². The molecule has 0 aliphatic heterocycles. The van der Waals surface area contributed by atoms with Crippen LogP contribution in [0.3, 0.4) is 0 Å². The van der Waals surface area contributed by atoms with Crippen LogP contribution in [0.25, 0.3) is 0 Å². The fraction of sp³-hybridized carbons (Fsp3) is 0.500. The number of nitriles is 1. The average Bonchev–Trinajstić information content (AvgIpc) is 2.31. The van der Waals surface area contributed by atoms with Gasteiger partial charge in [0, 0.05) is 24.2 Å². The van der Waals surface area contributed by atoms with Crippen molar-refractivity contribution in [1.29, 1.82) is 5.26 Å². The van der Waals surface area contributed by atoms with Crippen LogP contribution in [0.1, 0.15) is 25.0 Å². The second-order valence-electron chi connectivity index (χ2n) is 5.23. The summed E-state index contributed by atoms with van der Waals surface area (Å²) in [6.45, 7) is 5.40. The van der Waals surface area contributed by atoms with Gasteiger partial charge in [0.1, 0.15) is 5.82 Å². The molecule has 0 unspecified atom stereocenters. The van der Waals surface area contributed by atoms with E-state index in [2.05, 4.69) is 24.1 Å². The SMILES string of the molecule is CN(C)C(C)(C)CNCc1cc(C#N)ccc1F. The molecule has 0 spiro atoms. The van der Waals surface area contributed by atoms with Crippen LogP contribution in [-0.4, -0.2) is 31.1 Å². The highest BCUT2D eigenvalue weighted by Gasteiger charge is 2.19. The summed E-state index contributed by atoms with van der Waals surface area (Å²) >= 11 is 0. The van der Waals surface area contributed by atoms with Gasteiger partial charge in [-0.05, 0) is 46.1 Å². The first kappa shape index (κ1) is 14.6. The van der Waals surface area contributed by atoms with Crippen LogP contribution in [0.5, 0.6) is 0 Å². The van der Waals surface area contributed by atoms with Gasteiger partial charge in [-0.25, -0.2) is 4.39 Å². The Kier molecular flexibility index (Phi) is 4.83. The minimum Gasteiger partial charge on any atom is -0.311 e. The predicted molar refractivity (Wildman–Crippen MR) is 70.6 cm³/mol. The molecule has 0 aromatic heterocycles. The first-order valence-corrected chi connectivity index (χ1v) is 5.93. The number of halogens is 1. The second kappa shape index (κ2) is 5.94. The van der Waals surface area contributed by atoms with Crippen LogP contribution >= 0.6 is 0 Å². The zero-order valence-corrected chi connectivity index (χ0v) is 11.4. The third-order valence-electron chi connectivity index (χ3n) is 3.26. The molecule has 1 N–H and O–H groups in total. The molecule has 0 fully saturated rings. The van der Waals surface area contributed by atoms with E-state index >= 15 is 0 Å². The number of nitrogens with one attached hydrogen (secondary N) is 1. The maximum Gasteiger partial charge on any atom is 0.127 e. The van der Waals surface area contributed by atoms with Gasteiger partial charge in [-0.15, -0.1) is 0 Å². The summed E-state index contributed by atoms with van der Waals surface area (Å²) in [4.78, 5) is 2.11. The summed E-state index contributed by atoms with van der Waals surface area (Å²) in [6, 6.07) is 6.43. The van der Waals surface area contributed by atoms with Crippen molar-refractivity contribution in [3.05, 3.63) is 35.1 Å². The van der Waals surface area contributed by atoms with E-state index < -0.39 is 0 Å². The van der Waals surface area contributed by atoms with Crippen molar-refractivity contribution in [1.82, 2.24) is 10.2 Å². The quantitative estimate of drug-likeness (QED) is 0.869. The van der Waals surface area contributed by atoms with Gasteiger partial charge in [0.2, 0.25) is 0 Å². The third kappa shape index (κ3) is 3.80. The van der Waals surface area contributed by atoms with E-state index in [-0.39, 0.29) is 11.4 Å². The Balaban J connectivity index is 2.62. The number of rotatable bonds is 5.